The zero-order chi connectivity index (χ0) is 12.5. The molecule has 1 aromatic heterocycles. The normalized spacial score (nSPS) is 23.5. The first-order chi connectivity index (χ1) is 7.99. The van der Waals surface area contributed by atoms with Gasteiger partial charge in [0.2, 0.25) is 0 Å². The van der Waals surface area contributed by atoms with E-state index in [1.807, 2.05) is 0 Å². The molecular weight excluding hydrogens is 230 g/mol. The molecule has 0 aromatic carbocycles. The van der Waals surface area contributed by atoms with Crippen LogP contribution in [-0.4, -0.2) is 24.3 Å². The van der Waals surface area contributed by atoms with Crippen LogP contribution in [0.4, 0.5) is 0 Å². The molecule has 94 valence electrons. The van der Waals surface area contributed by atoms with Gasteiger partial charge in [-0.15, -0.1) is 11.3 Å². The molecule has 1 aliphatic rings. The van der Waals surface area contributed by atoms with Crippen LogP contribution in [0.1, 0.15) is 31.6 Å². The lowest BCUT2D eigenvalue weighted by atomic mass is 9.89. The van der Waals surface area contributed by atoms with Crippen molar-refractivity contribution in [3.05, 3.63) is 22.4 Å². The molecule has 1 saturated carbocycles. The summed E-state index contributed by atoms with van der Waals surface area (Å²) in [6.45, 7) is 6.02. The van der Waals surface area contributed by atoms with Crippen LogP contribution in [0.5, 0.6) is 0 Å². The van der Waals surface area contributed by atoms with E-state index in [4.69, 9.17) is 0 Å². The van der Waals surface area contributed by atoms with E-state index in [2.05, 4.69) is 43.3 Å². The van der Waals surface area contributed by atoms with Gasteiger partial charge < -0.3 is 4.90 Å². The molecule has 0 aliphatic heterocycles. The zero-order valence-electron chi connectivity index (χ0n) is 10.9. The van der Waals surface area contributed by atoms with Gasteiger partial charge in [-0.1, -0.05) is 19.9 Å². The minimum absolute atomic E-state index is 0.0889. The second-order valence-electron chi connectivity index (χ2n) is 5.76. The van der Waals surface area contributed by atoms with E-state index in [-0.39, 0.29) is 11.3 Å². The number of hydrogen-bond acceptors (Lipinski definition) is 3. The van der Waals surface area contributed by atoms with Gasteiger partial charge in [-0.25, -0.2) is 0 Å². The number of carbonyl (C=O) groups excluding carboxylic acids is 1. The van der Waals surface area contributed by atoms with Crippen molar-refractivity contribution >= 4 is 17.1 Å². The second-order valence-corrected chi connectivity index (χ2v) is 6.79. The third-order valence-corrected chi connectivity index (χ3v) is 4.55. The highest BCUT2D eigenvalue weighted by molar-refractivity contribution is 7.09. The molecule has 0 N–H and O–H groups in total. The lowest BCUT2D eigenvalue weighted by molar-refractivity contribution is -0.127. The van der Waals surface area contributed by atoms with E-state index >= 15 is 0 Å². The fraction of sp³-hybridized carbons (Fsp3) is 0.643. The Bertz CT molecular complexity index is 383. The number of hydrogen-bond donors (Lipinski definition) is 0. The predicted octanol–water partition coefficient (Wildman–Crippen LogP) is 3.19. The van der Waals surface area contributed by atoms with E-state index in [1.165, 1.54) is 4.88 Å². The van der Waals surface area contributed by atoms with Crippen molar-refractivity contribution in [1.82, 2.24) is 4.90 Å². The summed E-state index contributed by atoms with van der Waals surface area (Å²) in [5, 5.41) is 2.10. The van der Waals surface area contributed by atoms with Crippen LogP contribution in [0, 0.1) is 11.3 Å². The van der Waals surface area contributed by atoms with Gasteiger partial charge in [-0.05, 0) is 31.3 Å². The largest absolute Gasteiger partial charge is 0.301 e. The minimum Gasteiger partial charge on any atom is -0.301 e. The van der Waals surface area contributed by atoms with Crippen LogP contribution in [0.2, 0.25) is 0 Å². The zero-order valence-corrected chi connectivity index (χ0v) is 11.7. The molecule has 0 spiro atoms. The minimum atomic E-state index is -0.0889. The Morgan fingerprint density at radius 1 is 1.53 bits per heavy atom. The highest BCUT2D eigenvalue weighted by Crippen LogP contribution is 2.37. The van der Waals surface area contributed by atoms with Crippen LogP contribution in [0.3, 0.4) is 0 Å². The molecular formula is C14H21NOS. The molecule has 1 heterocycles. The number of nitrogens with zero attached hydrogens (tertiary/aromatic N) is 1. The average molecular weight is 251 g/mol. The number of ketones is 1. The number of rotatable bonds is 4. The molecule has 0 radical (unpaired) electrons. The summed E-state index contributed by atoms with van der Waals surface area (Å²) in [6, 6.07) is 4.24. The monoisotopic (exact) mass is 251 g/mol. The Morgan fingerprint density at radius 3 is 2.82 bits per heavy atom. The van der Waals surface area contributed by atoms with Gasteiger partial charge in [-0.3, -0.25) is 4.79 Å². The summed E-state index contributed by atoms with van der Waals surface area (Å²) in [7, 11) is 2.11. The number of carbonyl (C=O) groups is 1. The van der Waals surface area contributed by atoms with Crippen molar-refractivity contribution in [2.45, 2.75) is 33.2 Å². The van der Waals surface area contributed by atoms with Crippen LogP contribution >= 0.6 is 11.3 Å². The summed E-state index contributed by atoms with van der Waals surface area (Å²) in [4.78, 5) is 15.8. The van der Waals surface area contributed by atoms with Gasteiger partial charge in [0.15, 0.2) is 0 Å². The Labute approximate surface area is 108 Å². The third kappa shape index (κ3) is 2.96. The molecule has 2 nitrogen and oxygen atoms in total. The lowest BCUT2D eigenvalue weighted by Crippen LogP contribution is -2.30. The van der Waals surface area contributed by atoms with E-state index in [1.54, 1.807) is 11.3 Å². The van der Waals surface area contributed by atoms with Gasteiger partial charge in [0.05, 0.1) is 0 Å². The Balaban J connectivity index is 1.87. The highest BCUT2D eigenvalue weighted by atomic mass is 32.1. The van der Waals surface area contributed by atoms with Crippen molar-refractivity contribution < 1.29 is 4.79 Å². The van der Waals surface area contributed by atoms with E-state index in [9.17, 15) is 4.79 Å². The molecule has 0 bridgehead atoms. The summed E-state index contributed by atoms with van der Waals surface area (Å²) in [6.07, 6.45) is 2.10. The van der Waals surface area contributed by atoms with Crippen LogP contribution < -0.4 is 0 Å². The van der Waals surface area contributed by atoms with E-state index in [0.29, 0.717) is 5.78 Å². The van der Waals surface area contributed by atoms with Gasteiger partial charge >= 0.3 is 0 Å². The third-order valence-electron chi connectivity index (χ3n) is 3.69. The van der Waals surface area contributed by atoms with Gasteiger partial charge in [0.25, 0.3) is 0 Å². The van der Waals surface area contributed by atoms with Crippen molar-refractivity contribution in [2.75, 3.05) is 13.6 Å². The average Bonchev–Trinajstić information content (AvgIpc) is 2.82. The molecule has 0 saturated heterocycles. The van der Waals surface area contributed by atoms with Crippen LogP contribution in [-0.2, 0) is 11.3 Å². The summed E-state index contributed by atoms with van der Waals surface area (Å²) in [5.74, 6) is 0.700. The maximum Gasteiger partial charge on any atom is 0.142 e. The standard InChI is InChI=1S/C14H21NOS/c1-14(2)7-6-11(13(14)16)9-15(3)10-12-5-4-8-17-12/h4-5,8,11H,6-7,9-10H2,1-3H3. The maximum atomic E-state index is 12.1. The highest BCUT2D eigenvalue weighted by Gasteiger charge is 2.40. The van der Waals surface area contributed by atoms with Gasteiger partial charge in [0, 0.05) is 29.3 Å². The van der Waals surface area contributed by atoms with Gasteiger partial charge in [-0.2, -0.15) is 0 Å². The van der Waals surface area contributed by atoms with Crippen molar-refractivity contribution in [2.24, 2.45) is 11.3 Å². The molecule has 3 heteroatoms. The Morgan fingerprint density at radius 2 is 2.29 bits per heavy atom. The lowest BCUT2D eigenvalue weighted by Gasteiger charge is -2.21. The molecule has 2 rings (SSSR count). The first-order valence-electron chi connectivity index (χ1n) is 6.24. The molecule has 1 atom stereocenters. The Hall–Kier alpha value is -0.670. The van der Waals surface area contributed by atoms with Crippen molar-refractivity contribution in [1.29, 1.82) is 0 Å². The second kappa shape index (κ2) is 4.91. The van der Waals surface area contributed by atoms with Crippen LogP contribution in [0.25, 0.3) is 0 Å². The predicted molar refractivity (Wildman–Crippen MR) is 72.2 cm³/mol. The van der Waals surface area contributed by atoms with Crippen molar-refractivity contribution in [3.63, 3.8) is 0 Å². The first kappa shape index (κ1) is 12.8. The summed E-state index contributed by atoms with van der Waals surface area (Å²) < 4.78 is 0. The maximum absolute atomic E-state index is 12.1. The van der Waals surface area contributed by atoms with Gasteiger partial charge in [0.1, 0.15) is 5.78 Å². The molecule has 0 amide bonds. The number of thiophene rings is 1. The first-order valence-corrected chi connectivity index (χ1v) is 7.12. The molecule has 17 heavy (non-hydrogen) atoms. The van der Waals surface area contributed by atoms with E-state index < -0.39 is 0 Å². The molecule has 1 aliphatic carbocycles. The molecule has 1 unspecified atom stereocenters. The number of Topliss-reactive ketones (excluding diaryl/α,β-unsaturated/α-hetero) is 1. The molecule has 1 fully saturated rings. The topological polar surface area (TPSA) is 20.3 Å². The quantitative estimate of drug-likeness (QED) is 0.819. The van der Waals surface area contributed by atoms with E-state index in [0.717, 1.165) is 25.9 Å². The fourth-order valence-corrected chi connectivity index (χ4v) is 3.41. The molecule has 1 aromatic rings. The smallest absolute Gasteiger partial charge is 0.142 e. The Kier molecular flexibility index (Phi) is 3.69. The van der Waals surface area contributed by atoms with Crippen molar-refractivity contribution in [3.8, 4) is 0 Å². The van der Waals surface area contributed by atoms with Crippen LogP contribution in [0.15, 0.2) is 17.5 Å². The summed E-state index contributed by atoms with van der Waals surface area (Å²) >= 11 is 1.78. The summed E-state index contributed by atoms with van der Waals surface area (Å²) in [5.41, 5.74) is -0.0889. The fourth-order valence-electron chi connectivity index (χ4n) is 2.63. The SMILES string of the molecule is CN(Cc1cccs1)CC1CCC(C)(C)C1=O.